The predicted octanol–water partition coefficient (Wildman–Crippen LogP) is 4.12. The van der Waals surface area contributed by atoms with Crippen LogP contribution in [0.1, 0.15) is 0 Å². The Labute approximate surface area is 191 Å². The number of phenols is 1. The second kappa shape index (κ2) is 9.58. The predicted molar refractivity (Wildman–Crippen MR) is 123 cm³/mol. The molecule has 0 bridgehead atoms. The summed E-state index contributed by atoms with van der Waals surface area (Å²) in [5.74, 6) is -1.26. The highest BCUT2D eigenvalue weighted by molar-refractivity contribution is 6.04. The summed E-state index contributed by atoms with van der Waals surface area (Å²) >= 11 is 0. The Bertz CT molecular complexity index is 1140. The van der Waals surface area contributed by atoms with E-state index >= 15 is 0 Å². The second-order valence-corrected chi connectivity index (χ2v) is 7.34. The standard InChI is InChI=1S/C26H23NO6/c1-31-25(29)22-15-33-16-27(23(22)26(30)32-2)19-13-20(17-9-5-3-6-10-17)24(28)21(14-19)18-11-7-4-8-12-18/h3-14,28H,15-16H2,1-2H3. The van der Waals surface area contributed by atoms with Gasteiger partial charge in [-0.2, -0.15) is 0 Å². The Morgan fingerprint density at radius 1 is 0.848 bits per heavy atom. The SMILES string of the molecule is COC(=O)C1=C(C(=O)OC)N(c2cc(-c3ccccc3)c(O)c(-c3ccccc3)c2)COC1. The van der Waals surface area contributed by atoms with E-state index in [1.807, 2.05) is 60.7 Å². The molecule has 3 aromatic carbocycles. The van der Waals surface area contributed by atoms with E-state index in [1.165, 1.54) is 14.2 Å². The van der Waals surface area contributed by atoms with Gasteiger partial charge >= 0.3 is 11.9 Å². The third kappa shape index (κ3) is 4.31. The molecule has 0 atom stereocenters. The number of phenolic OH excluding ortho intramolecular Hbond substituents is 1. The fourth-order valence-corrected chi connectivity index (χ4v) is 3.80. The molecule has 0 amide bonds. The molecule has 1 N–H and O–H groups in total. The molecule has 0 aliphatic carbocycles. The Morgan fingerprint density at radius 2 is 1.36 bits per heavy atom. The quantitative estimate of drug-likeness (QED) is 0.592. The summed E-state index contributed by atoms with van der Waals surface area (Å²) in [6.07, 6.45) is 0. The van der Waals surface area contributed by atoms with Gasteiger partial charge < -0.3 is 24.2 Å². The van der Waals surface area contributed by atoms with Crippen molar-refractivity contribution in [1.29, 1.82) is 0 Å². The van der Waals surface area contributed by atoms with Crippen LogP contribution in [-0.4, -0.2) is 44.6 Å². The van der Waals surface area contributed by atoms with E-state index in [9.17, 15) is 14.7 Å². The van der Waals surface area contributed by atoms with Crippen molar-refractivity contribution in [2.45, 2.75) is 0 Å². The molecule has 7 nitrogen and oxygen atoms in total. The fourth-order valence-electron chi connectivity index (χ4n) is 3.80. The number of hydrogen-bond acceptors (Lipinski definition) is 7. The normalized spacial score (nSPS) is 13.6. The number of nitrogens with zero attached hydrogens (tertiary/aromatic N) is 1. The van der Waals surface area contributed by atoms with E-state index in [-0.39, 0.29) is 30.4 Å². The molecule has 0 radical (unpaired) electrons. The first-order chi connectivity index (χ1) is 16.0. The second-order valence-electron chi connectivity index (χ2n) is 7.34. The summed E-state index contributed by atoms with van der Waals surface area (Å²) in [5.41, 5.74) is 3.38. The van der Waals surface area contributed by atoms with Crippen LogP contribution in [0, 0.1) is 0 Å². The molecule has 0 fully saturated rings. The van der Waals surface area contributed by atoms with Crippen LogP contribution in [0.25, 0.3) is 22.3 Å². The highest BCUT2D eigenvalue weighted by atomic mass is 16.5. The minimum atomic E-state index is -0.686. The molecule has 7 heteroatoms. The van der Waals surface area contributed by atoms with E-state index in [2.05, 4.69) is 0 Å². The number of ether oxygens (including phenoxy) is 3. The van der Waals surface area contributed by atoms with Gasteiger partial charge in [0, 0.05) is 16.8 Å². The van der Waals surface area contributed by atoms with Crippen molar-refractivity contribution in [3.63, 3.8) is 0 Å². The van der Waals surface area contributed by atoms with E-state index in [4.69, 9.17) is 14.2 Å². The van der Waals surface area contributed by atoms with Gasteiger partial charge in [0.1, 0.15) is 18.2 Å². The van der Waals surface area contributed by atoms with Crippen molar-refractivity contribution in [3.05, 3.63) is 84.1 Å². The molecule has 1 heterocycles. The molecule has 33 heavy (non-hydrogen) atoms. The Hall–Kier alpha value is -4.10. The first-order valence-corrected chi connectivity index (χ1v) is 10.3. The Balaban J connectivity index is 1.96. The number of hydrogen-bond donors (Lipinski definition) is 1. The van der Waals surface area contributed by atoms with Crippen LogP contribution in [0.15, 0.2) is 84.1 Å². The topological polar surface area (TPSA) is 85.3 Å². The molecule has 4 rings (SSSR count). The van der Waals surface area contributed by atoms with Gasteiger partial charge in [-0.3, -0.25) is 0 Å². The zero-order valence-corrected chi connectivity index (χ0v) is 18.3. The van der Waals surface area contributed by atoms with Gasteiger partial charge in [-0.05, 0) is 23.3 Å². The van der Waals surface area contributed by atoms with Crippen molar-refractivity contribution in [3.8, 4) is 28.0 Å². The van der Waals surface area contributed by atoms with Gasteiger partial charge in [0.05, 0.1) is 26.4 Å². The number of rotatable bonds is 5. The highest BCUT2D eigenvalue weighted by Crippen LogP contribution is 2.42. The maximum atomic E-state index is 12.7. The average molecular weight is 445 g/mol. The van der Waals surface area contributed by atoms with E-state index in [0.29, 0.717) is 16.8 Å². The smallest absolute Gasteiger partial charge is 0.355 e. The first-order valence-electron chi connectivity index (χ1n) is 10.3. The Kier molecular flexibility index (Phi) is 6.42. The van der Waals surface area contributed by atoms with Gasteiger partial charge in [-0.15, -0.1) is 0 Å². The molecule has 3 aromatic rings. The van der Waals surface area contributed by atoms with Crippen molar-refractivity contribution >= 4 is 17.6 Å². The maximum absolute atomic E-state index is 12.7. The molecule has 168 valence electrons. The first kappa shape index (κ1) is 22.1. The number of benzene rings is 3. The van der Waals surface area contributed by atoms with E-state index in [1.54, 1.807) is 17.0 Å². The van der Waals surface area contributed by atoms with Gasteiger partial charge in [0.25, 0.3) is 0 Å². The van der Waals surface area contributed by atoms with Gasteiger partial charge in [0.2, 0.25) is 0 Å². The number of anilines is 1. The lowest BCUT2D eigenvalue weighted by Gasteiger charge is -2.32. The fraction of sp³-hybridized carbons (Fsp3) is 0.154. The molecular weight excluding hydrogens is 422 g/mol. The maximum Gasteiger partial charge on any atom is 0.355 e. The number of carbonyl (C=O) groups is 2. The third-order valence-electron chi connectivity index (χ3n) is 5.41. The third-order valence-corrected chi connectivity index (χ3v) is 5.41. The summed E-state index contributed by atoms with van der Waals surface area (Å²) in [6.45, 7) is -0.0685. The lowest BCUT2D eigenvalue weighted by molar-refractivity contribution is -0.140. The van der Waals surface area contributed by atoms with Crippen LogP contribution in [0.5, 0.6) is 5.75 Å². The highest BCUT2D eigenvalue weighted by Gasteiger charge is 2.33. The number of methoxy groups -OCH3 is 2. The lowest BCUT2D eigenvalue weighted by atomic mass is 9.95. The largest absolute Gasteiger partial charge is 0.507 e. The molecule has 1 aliphatic rings. The monoisotopic (exact) mass is 445 g/mol. The minimum absolute atomic E-state index is 0.0121. The van der Waals surface area contributed by atoms with Crippen molar-refractivity contribution in [1.82, 2.24) is 0 Å². The molecule has 0 aromatic heterocycles. The molecular formula is C26H23NO6. The summed E-state index contributed by atoms with van der Waals surface area (Å²) in [7, 11) is 2.49. The number of esters is 2. The van der Waals surface area contributed by atoms with Gasteiger partial charge in [-0.25, -0.2) is 9.59 Å². The van der Waals surface area contributed by atoms with Crippen LogP contribution < -0.4 is 4.90 Å². The molecule has 0 spiro atoms. The van der Waals surface area contributed by atoms with Crippen LogP contribution >= 0.6 is 0 Å². The minimum Gasteiger partial charge on any atom is -0.507 e. The van der Waals surface area contributed by atoms with E-state index in [0.717, 1.165) is 11.1 Å². The lowest BCUT2D eigenvalue weighted by Crippen LogP contribution is -2.38. The number of carbonyl (C=O) groups excluding carboxylic acids is 2. The summed E-state index contributed by atoms with van der Waals surface area (Å²) in [4.78, 5) is 26.7. The molecule has 0 saturated carbocycles. The number of aromatic hydroxyl groups is 1. The summed E-state index contributed by atoms with van der Waals surface area (Å²) in [6, 6.07) is 22.3. The zero-order chi connectivity index (χ0) is 23.4. The van der Waals surface area contributed by atoms with Gasteiger partial charge in [-0.1, -0.05) is 60.7 Å². The zero-order valence-electron chi connectivity index (χ0n) is 18.3. The van der Waals surface area contributed by atoms with Crippen molar-refractivity contribution in [2.75, 3.05) is 32.5 Å². The van der Waals surface area contributed by atoms with Crippen molar-refractivity contribution < 1.29 is 28.9 Å². The van der Waals surface area contributed by atoms with Crippen LogP contribution in [0.3, 0.4) is 0 Å². The summed E-state index contributed by atoms with van der Waals surface area (Å²) < 4.78 is 15.4. The van der Waals surface area contributed by atoms with Crippen LogP contribution in [0.4, 0.5) is 5.69 Å². The van der Waals surface area contributed by atoms with Gasteiger partial charge in [0.15, 0.2) is 0 Å². The summed E-state index contributed by atoms with van der Waals surface area (Å²) in [5, 5.41) is 11.2. The van der Waals surface area contributed by atoms with Crippen LogP contribution in [0.2, 0.25) is 0 Å². The van der Waals surface area contributed by atoms with E-state index < -0.39 is 11.9 Å². The Morgan fingerprint density at radius 3 is 1.85 bits per heavy atom. The average Bonchev–Trinajstić information content (AvgIpc) is 2.88. The molecule has 0 unspecified atom stereocenters. The van der Waals surface area contributed by atoms with Crippen molar-refractivity contribution in [2.24, 2.45) is 0 Å². The van der Waals surface area contributed by atoms with Crippen LogP contribution in [-0.2, 0) is 23.8 Å². The molecule has 1 aliphatic heterocycles. The molecule has 0 saturated heterocycles.